The maximum Gasteiger partial charge on any atom is 0.337 e. The minimum absolute atomic E-state index is 0.358. The molecule has 0 aromatic carbocycles. The van der Waals surface area contributed by atoms with Crippen LogP contribution in [0, 0.1) is 6.92 Å². The Kier molecular flexibility index (Phi) is 2.33. The number of aromatic carboxylic acids is 1. The molecule has 12 heavy (non-hydrogen) atoms. The lowest BCUT2D eigenvalue weighted by atomic mass is 10.2. The molecule has 3 nitrogen and oxygen atoms in total. The summed E-state index contributed by atoms with van der Waals surface area (Å²) in [4.78, 5) is 10.6. The minimum Gasteiger partial charge on any atom is -0.478 e. The number of carboxylic acid groups (broad SMARTS) is 1. The predicted octanol–water partition coefficient (Wildman–Crippen LogP) is 1.68. The molecule has 0 saturated heterocycles. The van der Waals surface area contributed by atoms with Crippen LogP contribution in [0.5, 0.6) is 0 Å². The van der Waals surface area contributed by atoms with Gasteiger partial charge in [-0.15, -0.1) is 6.58 Å². The molecule has 64 valence electrons. The highest BCUT2D eigenvalue weighted by Crippen LogP contribution is 2.09. The average molecular weight is 165 g/mol. The van der Waals surface area contributed by atoms with Gasteiger partial charge in [-0.05, 0) is 13.0 Å². The molecule has 1 aromatic heterocycles. The topological polar surface area (TPSA) is 42.2 Å². The van der Waals surface area contributed by atoms with E-state index >= 15 is 0 Å². The van der Waals surface area contributed by atoms with E-state index in [1.807, 2.05) is 4.57 Å². The average Bonchev–Trinajstić information content (AvgIpc) is 2.34. The zero-order chi connectivity index (χ0) is 9.14. The smallest absolute Gasteiger partial charge is 0.337 e. The minimum atomic E-state index is -0.879. The number of carbonyl (C=O) groups is 1. The molecule has 0 aliphatic rings. The van der Waals surface area contributed by atoms with Crippen molar-refractivity contribution in [3.05, 3.63) is 36.2 Å². The summed E-state index contributed by atoms with van der Waals surface area (Å²) in [7, 11) is 0. The van der Waals surface area contributed by atoms with Gasteiger partial charge < -0.3 is 9.67 Å². The van der Waals surface area contributed by atoms with E-state index in [2.05, 4.69) is 6.58 Å². The molecule has 1 heterocycles. The highest BCUT2D eigenvalue weighted by Gasteiger charge is 2.09. The van der Waals surface area contributed by atoms with Crippen molar-refractivity contribution in [3.63, 3.8) is 0 Å². The normalized spacial score (nSPS) is 9.75. The lowest BCUT2D eigenvalue weighted by Crippen LogP contribution is -2.01. The highest BCUT2D eigenvalue weighted by molar-refractivity contribution is 5.88. The van der Waals surface area contributed by atoms with Crippen molar-refractivity contribution < 1.29 is 9.90 Å². The van der Waals surface area contributed by atoms with E-state index < -0.39 is 5.97 Å². The largest absolute Gasteiger partial charge is 0.478 e. The first kappa shape index (κ1) is 8.59. The van der Waals surface area contributed by atoms with Crippen molar-refractivity contribution in [2.24, 2.45) is 0 Å². The Morgan fingerprint density at radius 1 is 1.83 bits per heavy atom. The Balaban J connectivity index is 3.03. The third-order valence-electron chi connectivity index (χ3n) is 1.80. The van der Waals surface area contributed by atoms with Gasteiger partial charge in [0.15, 0.2) is 0 Å². The molecule has 0 radical (unpaired) electrons. The highest BCUT2D eigenvalue weighted by atomic mass is 16.4. The summed E-state index contributed by atoms with van der Waals surface area (Å²) in [5, 5.41) is 8.71. The Labute approximate surface area is 70.9 Å². The fourth-order valence-electron chi connectivity index (χ4n) is 1.11. The molecule has 0 aliphatic heterocycles. The van der Waals surface area contributed by atoms with Crippen LogP contribution in [0.3, 0.4) is 0 Å². The van der Waals surface area contributed by atoms with Crippen LogP contribution in [0.25, 0.3) is 0 Å². The summed E-state index contributed by atoms with van der Waals surface area (Å²) in [5.41, 5.74) is 1.12. The van der Waals surface area contributed by atoms with Crippen molar-refractivity contribution >= 4 is 5.97 Å². The molecule has 0 unspecified atom stereocenters. The molecule has 1 N–H and O–H groups in total. The van der Waals surface area contributed by atoms with Crippen LogP contribution in [-0.2, 0) is 6.54 Å². The lowest BCUT2D eigenvalue weighted by Gasteiger charge is -2.01. The van der Waals surface area contributed by atoms with E-state index in [1.54, 1.807) is 25.3 Å². The van der Waals surface area contributed by atoms with Crippen LogP contribution in [0.4, 0.5) is 0 Å². The predicted molar refractivity (Wildman–Crippen MR) is 46.3 cm³/mol. The molecule has 1 rings (SSSR count). The zero-order valence-corrected chi connectivity index (χ0v) is 6.95. The molecule has 0 amide bonds. The van der Waals surface area contributed by atoms with Crippen molar-refractivity contribution in [3.8, 4) is 0 Å². The number of allylic oxidation sites excluding steroid dienone is 1. The monoisotopic (exact) mass is 165 g/mol. The molecular weight excluding hydrogens is 154 g/mol. The van der Waals surface area contributed by atoms with E-state index in [1.165, 1.54) is 0 Å². The van der Waals surface area contributed by atoms with Crippen LogP contribution in [0.15, 0.2) is 24.9 Å². The second-order valence-electron chi connectivity index (χ2n) is 2.56. The molecule has 3 heteroatoms. The van der Waals surface area contributed by atoms with Crippen LogP contribution in [-0.4, -0.2) is 15.6 Å². The van der Waals surface area contributed by atoms with Crippen molar-refractivity contribution in [1.82, 2.24) is 4.57 Å². The van der Waals surface area contributed by atoms with Crippen LogP contribution in [0.2, 0.25) is 0 Å². The van der Waals surface area contributed by atoms with Gasteiger partial charge in [-0.25, -0.2) is 4.79 Å². The first-order valence-electron chi connectivity index (χ1n) is 3.66. The number of hydrogen-bond donors (Lipinski definition) is 1. The maximum absolute atomic E-state index is 10.6. The molecule has 0 spiro atoms. The summed E-state index contributed by atoms with van der Waals surface area (Å²) in [6, 6.07) is 1.60. The van der Waals surface area contributed by atoms with Gasteiger partial charge in [-0.1, -0.05) is 6.08 Å². The Morgan fingerprint density at radius 2 is 2.50 bits per heavy atom. The number of aromatic nitrogens is 1. The Hall–Kier alpha value is -1.51. The number of rotatable bonds is 3. The van der Waals surface area contributed by atoms with Gasteiger partial charge in [0, 0.05) is 18.4 Å². The van der Waals surface area contributed by atoms with Crippen LogP contribution < -0.4 is 0 Å². The summed E-state index contributed by atoms with van der Waals surface area (Å²) in [5.74, 6) is -0.879. The summed E-state index contributed by atoms with van der Waals surface area (Å²) < 4.78 is 1.84. The van der Waals surface area contributed by atoms with E-state index in [0.29, 0.717) is 12.1 Å². The van der Waals surface area contributed by atoms with Crippen molar-refractivity contribution in [2.45, 2.75) is 13.5 Å². The summed E-state index contributed by atoms with van der Waals surface area (Å²) in [6.07, 6.45) is 3.49. The Bertz CT molecular complexity index is 312. The Morgan fingerprint density at radius 3 is 2.92 bits per heavy atom. The molecule has 0 atom stereocenters. The van der Waals surface area contributed by atoms with Crippen molar-refractivity contribution in [1.29, 1.82) is 0 Å². The van der Waals surface area contributed by atoms with E-state index in [9.17, 15) is 4.79 Å². The molecule has 1 aromatic rings. The quantitative estimate of drug-likeness (QED) is 0.692. The van der Waals surface area contributed by atoms with Gasteiger partial charge in [-0.3, -0.25) is 0 Å². The molecule has 0 saturated carbocycles. The van der Waals surface area contributed by atoms with E-state index in [-0.39, 0.29) is 0 Å². The van der Waals surface area contributed by atoms with E-state index in [0.717, 1.165) is 5.69 Å². The molecule has 0 fully saturated rings. The van der Waals surface area contributed by atoms with E-state index in [4.69, 9.17) is 5.11 Å². The second kappa shape index (κ2) is 3.26. The van der Waals surface area contributed by atoms with Gasteiger partial charge in [0.25, 0.3) is 0 Å². The molecular formula is C9H11NO2. The number of carboxylic acids is 1. The second-order valence-corrected chi connectivity index (χ2v) is 2.56. The van der Waals surface area contributed by atoms with Gasteiger partial charge in [0.2, 0.25) is 0 Å². The standard InChI is InChI=1S/C9H11NO2/c1-3-5-10-6-4-8(7(10)2)9(11)12/h3-4,6H,1,5H2,2H3,(H,11,12). The molecule has 0 bridgehead atoms. The maximum atomic E-state index is 10.6. The SMILES string of the molecule is C=CCn1ccc(C(=O)O)c1C. The fourth-order valence-corrected chi connectivity index (χ4v) is 1.11. The zero-order valence-electron chi connectivity index (χ0n) is 6.95. The van der Waals surface area contributed by atoms with Gasteiger partial charge >= 0.3 is 5.97 Å². The first-order valence-corrected chi connectivity index (χ1v) is 3.66. The van der Waals surface area contributed by atoms with Gasteiger partial charge in [0.1, 0.15) is 0 Å². The summed E-state index contributed by atoms with van der Waals surface area (Å²) in [6.45, 7) is 6.02. The first-order chi connectivity index (χ1) is 5.66. The number of hydrogen-bond acceptors (Lipinski definition) is 1. The van der Waals surface area contributed by atoms with Crippen molar-refractivity contribution in [2.75, 3.05) is 0 Å². The third-order valence-corrected chi connectivity index (χ3v) is 1.80. The fraction of sp³-hybridized carbons (Fsp3) is 0.222. The number of nitrogens with zero attached hydrogens (tertiary/aromatic N) is 1. The molecule has 0 aliphatic carbocycles. The van der Waals surface area contributed by atoms with Gasteiger partial charge in [-0.2, -0.15) is 0 Å². The third kappa shape index (κ3) is 1.39. The van der Waals surface area contributed by atoms with Crippen LogP contribution in [0.1, 0.15) is 16.1 Å². The summed E-state index contributed by atoms with van der Waals surface area (Å²) >= 11 is 0. The van der Waals surface area contributed by atoms with Crippen LogP contribution >= 0.6 is 0 Å². The lowest BCUT2D eigenvalue weighted by molar-refractivity contribution is 0.0696. The van der Waals surface area contributed by atoms with Gasteiger partial charge in [0.05, 0.1) is 5.56 Å².